The molecule has 0 saturated carbocycles. The zero-order chi connectivity index (χ0) is 14.8. The third kappa shape index (κ3) is 2.72. The van der Waals surface area contributed by atoms with Gasteiger partial charge in [0.05, 0.1) is 0 Å². The molecule has 110 valence electrons. The number of nitrogens with two attached hydrogens (primary N) is 1. The van der Waals surface area contributed by atoms with E-state index in [1.807, 2.05) is 12.1 Å². The van der Waals surface area contributed by atoms with E-state index in [1.165, 1.54) is 23.2 Å². The Kier molecular flexibility index (Phi) is 4.06. The fraction of sp³-hybridized carbons (Fsp3) is 0.353. The molecule has 2 aromatic carbocycles. The molecule has 1 aliphatic rings. The molecule has 3 N–H and O–H groups in total. The van der Waals surface area contributed by atoms with Crippen molar-refractivity contribution in [3.05, 3.63) is 42.0 Å². The predicted octanol–water partition coefficient (Wildman–Crippen LogP) is 3.46. The summed E-state index contributed by atoms with van der Waals surface area (Å²) >= 11 is 2.08. The van der Waals surface area contributed by atoms with Gasteiger partial charge in [-0.25, -0.2) is 0 Å². The van der Waals surface area contributed by atoms with Gasteiger partial charge in [-0.15, -0.1) is 0 Å². The molecular formula is C17H21N3S. The van der Waals surface area contributed by atoms with Crippen molar-refractivity contribution in [3.63, 3.8) is 0 Å². The van der Waals surface area contributed by atoms with Gasteiger partial charge in [0.25, 0.3) is 0 Å². The second-order valence-electron chi connectivity index (χ2n) is 5.44. The number of anilines is 1. The van der Waals surface area contributed by atoms with Crippen LogP contribution in [0.15, 0.2) is 36.4 Å². The summed E-state index contributed by atoms with van der Waals surface area (Å²) in [6, 6.07) is 12.4. The number of fused-ring (bicyclic) bond motifs is 1. The van der Waals surface area contributed by atoms with Gasteiger partial charge in [0.1, 0.15) is 5.84 Å². The van der Waals surface area contributed by atoms with Crippen LogP contribution in [0.3, 0.4) is 0 Å². The standard InChI is InChI=1S/C17H21N3S/c1-2-12-11-20(9-10-21-12)16-8-7-15(17(18)19)13-5-3-4-6-14(13)16/h3-8,12H,2,9-11H2,1H3,(H3,18,19). The lowest BCUT2D eigenvalue weighted by molar-refractivity contribution is 0.730. The second-order valence-corrected chi connectivity index (χ2v) is 6.85. The molecule has 0 aliphatic carbocycles. The highest BCUT2D eigenvalue weighted by Gasteiger charge is 2.21. The lowest BCUT2D eigenvalue weighted by atomic mass is 10.0. The average molecular weight is 299 g/mol. The molecule has 0 aromatic heterocycles. The minimum absolute atomic E-state index is 0.137. The Morgan fingerprint density at radius 2 is 2.05 bits per heavy atom. The normalized spacial score (nSPS) is 18.9. The highest BCUT2D eigenvalue weighted by atomic mass is 32.2. The monoisotopic (exact) mass is 299 g/mol. The van der Waals surface area contributed by atoms with Crippen LogP contribution in [0.1, 0.15) is 18.9 Å². The SMILES string of the molecule is CCC1CN(c2ccc(C(=N)N)c3ccccc23)CCS1. The molecule has 1 atom stereocenters. The first-order valence-electron chi connectivity index (χ1n) is 7.43. The van der Waals surface area contributed by atoms with Crippen molar-refractivity contribution in [3.8, 4) is 0 Å². The van der Waals surface area contributed by atoms with E-state index in [4.69, 9.17) is 11.1 Å². The topological polar surface area (TPSA) is 53.1 Å². The van der Waals surface area contributed by atoms with Crippen molar-refractivity contribution in [1.29, 1.82) is 5.41 Å². The number of hydrogen-bond donors (Lipinski definition) is 2. The van der Waals surface area contributed by atoms with Crippen molar-refractivity contribution < 1.29 is 0 Å². The number of nitrogens with one attached hydrogen (secondary N) is 1. The van der Waals surface area contributed by atoms with Crippen molar-refractivity contribution in [2.75, 3.05) is 23.7 Å². The van der Waals surface area contributed by atoms with Crippen LogP contribution in [0.4, 0.5) is 5.69 Å². The number of nitrogen functional groups attached to an aromatic ring is 1. The Bertz CT molecular complexity index is 668. The molecule has 0 amide bonds. The van der Waals surface area contributed by atoms with E-state index in [-0.39, 0.29) is 5.84 Å². The summed E-state index contributed by atoms with van der Waals surface area (Å²) in [7, 11) is 0. The maximum atomic E-state index is 7.76. The highest BCUT2D eigenvalue weighted by Crippen LogP contribution is 2.32. The smallest absolute Gasteiger partial charge is 0.123 e. The first kappa shape index (κ1) is 14.3. The third-order valence-corrected chi connectivity index (χ3v) is 5.50. The highest BCUT2D eigenvalue weighted by molar-refractivity contribution is 8.00. The fourth-order valence-corrected chi connectivity index (χ4v) is 4.16. The zero-order valence-corrected chi connectivity index (χ0v) is 13.1. The molecule has 3 nitrogen and oxygen atoms in total. The predicted molar refractivity (Wildman–Crippen MR) is 93.7 cm³/mol. The van der Waals surface area contributed by atoms with Crippen LogP contribution in [0, 0.1) is 5.41 Å². The molecule has 1 aliphatic heterocycles. The first-order chi connectivity index (χ1) is 10.2. The van der Waals surface area contributed by atoms with E-state index in [2.05, 4.69) is 47.9 Å². The quantitative estimate of drug-likeness (QED) is 0.674. The molecular weight excluding hydrogens is 278 g/mol. The molecule has 4 heteroatoms. The van der Waals surface area contributed by atoms with Crippen molar-refractivity contribution in [2.24, 2.45) is 5.73 Å². The summed E-state index contributed by atoms with van der Waals surface area (Å²) in [5, 5.41) is 10.7. The second kappa shape index (κ2) is 5.98. The van der Waals surface area contributed by atoms with Gasteiger partial charge in [0.15, 0.2) is 0 Å². The Morgan fingerprint density at radius 3 is 2.76 bits per heavy atom. The molecule has 3 rings (SSSR count). The first-order valence-corrected chi connectivity index (χ1v) is 8.48. The molecule has 21 heavy (non-hydrogen) atoms. The van der Waals surface area contributed by atoms with Crippen molar-refractivity contribution in [1.82, 2.24) is 0 Å². The van der Waals surface area contributed by atoms with Crippen LogP contribution in [-0.2, 0) is 0 Å². The van der Waals surface area contributed by atoms with Crippen LogP contribution >= 0.6 is 11.8 Å². The van der Waals surface area contributed by atoms with Crippen LogP contribution in [-0.4, -0.2) is 29.9 Å². The van der Waals surface area contributed by atoms with Crippen LogP contribution in [0.2, 0.25) is 0 Å². The van der Waals surface area contributed by atoms with Crippen molar-refractivity contribution in [2.45, 2.75) is 18.6 Å². The van der Waals surface area contributed by atoms with Crippen LogP contribution < -0.4 is 10.6 Å². The van der Waals surface area contributed by atoms with E-state index >= 15 is 0 Å². The average Bonchev–Trinajstić information content (AvgIpc) is 2.53. The largest absolute Gasteiger partial charge is 0.384 e. The Balaban J connectivity index is 2.07. The molecule has 1 heterocycles. The molecule has 0 spiro atoms. The lowest BCUT2D eigenvalue weighted by Crippen LogP contribution is -2.37. The number of hydrogen-bond acceptors (Lipinski definition) is 3. The van der Waals surface area contributed by atoms with Gasteiger partial charge in [0.2, 0.25) is 0 Å². The zero-order valence-electron chi connectivity index (χ0n) is 12.3. The number of thioether (sulfide) groups is 1. The minimum Gasteiger partial charge on any atom is -0.384 e. The van der Waals surface area contributed by atoms with E-state index in [1.54, 1.807) is 0 Å². The minimum atomic E-state index is 0.137. The van der Waals surface area contributed by atoms with Gasteiger partial charge in [-0.2, -0.15) is 11.8 Å². The van der Waals surface area contributed by atoms with Crippen LogP contribution in [0.5, 0.6) is 0 Å². The molecule has 1 saturated heterocycles. The summed E-state index contributed by atoms with van der Waals surface area (Å²) in [4.78, 5) is 2.48. The number of amidine groups is 1. The Hall–Kier alpha value is -1.68. The molecule has 0 radical (unpaired) electrons. The van der Waals surface area contributed by atoms with Crippen molar-refractivity contribution >= 4 is 34.1 Å². The van der Waals surface area contributed by atoms with Gasteiger partial charge >= 0.3 is 0 Å². The Labute approximate surface area is 130 Å². The number of nitrogens with zero attached hydrogens (tertiary/aromatic N) is 1. The summed E-state index contributed by atoms with van der Waals surface area (Å²) in [5.41, 5.74) is 7.82. The number of benzene rings is 2. The number of rotatable bonds is 3. The van der Waals surface area contributed by atoms with Gasteiger partial charge in [0, 0.05) is 40.7 Å². The molecule has 1 unspecified atom stereocenters. The fourth-order valence-electron chi connectivity index (χ4n) is 2.98. The van der Waals surface area contributed by atoms with Gasteiger partial charge in [-0.1, -0.05) is 31.2 Å². The maximum absolute atomic E-state index is 7.76. The maximum Gasteiger partial charge on any atom is 0.123 e. The summed E-state index contributed by atoms with van der Waals surface area (Å²) < 4.78 is 0. The van der Waals surface area contributed by atoms with E-state index in [0.717, 1.165) is 24.0 Å². The molecule has 0 bridgehead atoms. The van der Waals surface area contributed by atoms with E-state index < -0.39 is 0 Å². The van der Waals surface area contributed by atoms with Gasteiger partial charge in [-0.3, -0.25) is 5.41 Å². The van der Waals surface area contributed by atoms with E-state index in [0.29, 0.717) is 5.25 Å². The summed E-state index contributed by atoms with van der Waals surface area (Å²) in [6.45, 7) is 4.45. The summed E-state index contributed by atoms with van der Waals surface area (Å²) in [6.07, 6.45) is 1.21. The van der Waals surface area contributed by atoms with Crippen LogP contribution in [0.25, 0.3) is 10.8 Å². The summed E-state index contributed by atoms with van der Waals surface area (Å²) in [5.74, 6) is 1.32. The van der Waals surface area contributed by atoms with E-state index in [9.17, 15) is 0 Å². The van der Waals surface area contributed by atoms with Gasteiger partial charge in [-0.05, 0) is 23.9 Å². The molecule has 2 aromatic rings. The Morgan fingerprint density at radius 1 is 1.29 bits per heavy atom. The molecule has 1 fully saturated rings. The lowest BCUT2D eigenvalue weighted by Gasteiger charge is -2.34. The van der Waals surface area contributed by atoms with Gasteiger partial charge < -0.3 is 10.6 Å². The third-order valence-electron chi connectivity index (χ3n) is 4.13.